The second kappa shape index (κ2) is 5.87. The van der Waals surface area contributed by atoms with Crippen LogP contribution in [0.2, 0.25) is 0 Å². The third-order valence-corrected chi connectivity index (χ3v) is 3.60. The number of thiazole rings is 1. The van der Waals surface area contributed by atoms with Gasteiger partial charge < -0.3 is 9.47 Å². The Morgan fingerprint density at radius 2 is 1.78 bits per heavy atom. The van der Waals surface area contributed by atoms with E-state index >= 15 is 0 Å². The van der Waals surface area contributed by atoms with Crippen LogP contribution in [0.15, 0.2) is 23.6 Å². The van der Waals surface area contributed by atoms with Crippen LogP contribution in [-0.2, 0) is 6.42 Å². The summed E-state index contributed by atoms with van der Waals surface area (Å²) in [6.45, 7) is 2.16. The Kier molecular flexibility index (Phi) is 4.20. The average Bonchev–Trinajstić information content (AvgIpc) is 2.87. The van der Waals surface area contributed by atoms with E-state index in [1.54, 1.807) is 25.6 Å². The first-order chi connectivity index (χ1) is 8.76. The molecule has 0 amide bonds. The van der Waals surface area contributed by atoms with Crippen LogP contribution in [0.5, 0.6) is 11.5 Å². The molecule has 1 aromatic carbocycles. The smallest absolute Gasteiger partial charge is 0.123 e. The normalized spacial score (nSPS) is 10.4. The van der Waals surface area contributed by atoms with Gasteiger partial charge in [0.1, 0.15) is 16.5 Å². The zero-order chi connectivity index (χ0) is 13.0. The van der Waals surface area contributed by atoms with Gasteiger partial charge in [-0.1, -0.05) is 13.3 Å². The van der Waals surface area contributed by atoms with Gasteiger partial charge in [-0.3, -0.25) is 0 Å². The zero-order valence-electron chi connectivity index (χ0n) is 10.9. The molecule has 96 valence electrons. The molecule has 0 aliphatic rings. The molecule has 0 unspecified atom stereocenters. The summed E-state index contributed by atoms with van der Waals surface area (Å²) in [4.78, 5) is 4.63. The van der Waals surface area contributed by atoms with Gasteiger partial charge in [0.05, 0.1) is 19.9 Å². The molecule has 4 heteroatoms. The van der Waals surface area contributed by atoms with E-state index in [4.69, 9.17) is 9.47 Å². The molecule has 18 heavy (non-hydrogen) atoms. The first kappa shape index (κ1) is 12.9. The second-order valence-electron chi connectivity index (χ2n) is 4.00. The lowest BCUT2D eigenvalue weighted by molar-refractivity contribution is 0.394. The Morgan fingerprint density at radius 3 is 2.33 bits per heavy atom. The predicted molar refractivity (Wildman–Crippen MR) is 74.6 cm³/mol. The summed E-state index contributed by atoms with van der Waals surface area (Å²) in [5.41, 5.74) is 2.19. The SMILES string of the molecule is CCCc1csc(-c2cc(OC)cc(OC)c2)n1. The molecule has 3 nitrogen and oxygen atoms in total. The monoisotopic (exact) mass is 263 g/mol. The minimum Gasteiger partial charge on any atom is -0.497 e. The molecule has 0 saturated carbocycles. The first-order valence-electron chi connectivity index (χ1n) is 5.94. The van der Waals surface area contributed by atoms with Crippen LogP contribution in [-0.4, -0.2) is 19.2 Å². The predicted octanol–water partition coefficient (Wildman–Crippen LogP) is 3.78. The number of hydrogen-bond donors (Lipinski definition) is 0. The van der Waals surface area contributed by atoms with Gasteiger partial charge in [0, 0.05) is 17.0 Å². The summed E-state index contributed by atoms with van der Waals surface area (Å²) < 4.78 is 10.5. The van der Waals surface area contributed by atoms with Gasteiger partial charge in [0.15, 0.2) is 0 Å². The van der Waals surface area contributed by atoms with Crippen LogP contribution in [0, 0.1) is 0 Å². The minimum absolute atomic E-state index is 0.789. The number of ether oxygens (including phenoxy) is 2. The molecular formula is C14H17NO2S. The molecule has 1 aromatic heterocycles. The second-order valence-corrected chi connectivity index (χ2v) is 4.85. The summed E-state index contributed by atoms with van der Waals surface area (Å²) in [5, 5.41) is 3.13. The maximum absolute atomic E-state index is 5.27. The number of rotatable bonds is 5. The lowest BCUT2D eigenvalue weighted by Crippen LogP contribution is -1.89. The molecule has 0 spiro atoms. The van der Waals surface area contributed by atoms with Gasteiger partial charge in [0.25, 0.3) is 0 Å². The van der Waals surface area contributed by atoms with E-state index in [0.29, 0.717) is 0 Å². The fourth-order valence-corrected chi connectivity index (χ4v) is 2.58. The van der Waals surface area contributed by atoms with Crippen LogP contribution in [0.3, 0.4) is 0 Å². The van der Waals surface area contributed by atoms with Crippen LogP contribution in [0.4, 0.5) is 0 Å². The number of aryl methyl sites for hydroxylation is 1. The molecular weight excluding hydrogens is 246 g/mol. The first-order valence-corrected chi connectivity index (χ1v) is 6.82. The third kappa shape index (κ3) is 2.82. The van der Waals surface area contributed by atoms with E-state index in [-0.39, 0.29) is 0 Å². The Hall–Kier alpha value is -1.55. The Labute approximate surface area is 111 Å². The van der Waals surface area contributed by atoms with E-state index < -0.39 is 0 Å². The fourth-order valence-electron chi connectivity index (χ4n) is 1.74. The molecule has 0 atom stereocenters. The van der Waals surface area contributed by atoms with Crippen molar-refractivity contribution in [3.63, 3.8) is 0 Å². The summed E-state index contributed by atoms with van der Waals surface area (Å²) >= 11 is 1.66. The zero-order valence-corrected chi connectivity index (χ0v) is 11.7. The minimum atomic E-state index is 0.789. The highest BCUT2D eigenvalue weighted by atomic mass is 32.1. The molecule has 2 rings (SSSR count). The van der Waals surface area contributed by atoms with E-state index in [1.807, 2.05) is 18.2 Å². The molecule has 0 bridgehead atoms. The molecule has 1 heterocycles. The highest BCUT2D eigenvalue weighted by Crippen LogP contribution is 2.31. The van der Waals surface area contributed by atoms with Crippen LogP contribution < -0.4 is 9.47 Å². The molecule has 0 fully saturated rings. The van der Waals surface area contributed by atoms with E-state index in [1.165, 1.54) is 0 Å². The fraction of sp³-hybridized carbons (Fsp3) is 0.357. The highest BCUT2D eigenvalue weighted by Gasteiger charge is 2.08. The maximum atomic E-state index is 5.27. The third-order valence-electron chi connectivity index (χ3n) is 2.66. The highest BCUT2D eigenvalue weighted by molar-refractivity contribution is 7.13. The van der Waals surface area contributed by atoms with Crippen molar-refractivity contribution >= 4 is 11.3 Å². The maximum Gasteiger partial charge on any atom is 0.123 e. The van der Waals surface area contributed by atoms with Gasteiger partial charge >= 0.3 is 0 Å². The lowest BCUT2D eigenvalue weighted by atomic mass is 10.2. The quantitative estimate of drug-likeness (QED) is 0.822. The topological polar surface area (TPSA) is 31.4 Å². The van der Waals surface area contributed by atoms with Crippen molar-refractivity contribution in [3.8, 4) is 22.1 Å². The van der Waals surface area contributed by atoms with Gasteiger partial charge in [-0.05, 0) is 18.6 Å². The Bertz CT molecular complexity index is 500. The van der Waals surface area contributed by atoms with Crippen molar-refractivity contribution in [2.75, 3.05) is 14.2 Å². The molecule has 0 aliphatic carbocycles. The van der Waals surface area contributed by atoms with Gasteiger partial charge in [-0.15, -0.1) is 11.3 Å². The van der Waals surface area contributed by atoms with Crippen molar-refractivity contribution < 1.29 is 9.47 Å². The van der Waals surface area contributed by atoms with Crippen LogP contribution >= 0.6 is 11.3 Å². The number of benzene rings is 1. The van der Waals surface area contributed by atoms with Gasteiger partial charge in [-0.2, -0.15) is 0 Å². The van der Waals surface area contributed by atoms with E-state index in [0.717, 1.165) is 40.6 Å². The molecule has 0 N–H and O–H groups in total. The summed E-state index contributed by atoms with van der Waals surface area (Å²) in [7, 11) is 3.31. The summed E-state index contributed by atoms with van der Waals surface area (Å²) in [6.07, 6.45) is 2.14. The number of nitrogens with zero attached hydrogens (tertiary/aromatic N) is 1. The number of methoxy groups -OCH3 is 2. The van der Waals surface area contributed by atoms with E-state index in [2.05, 4.69) is 17.3 Å². The largest absolute Gasteiger partial charge is 0.497 e. The average molecular weight is 263 g/mol. The summed E-state index contributed by atoms with van der Waals surface area (Å²) in [5.74, 6) is 1.58. The van der Waals surface area contributed by atoms with Crippen molar-refractivity contribution in [2.24, 2.45) is 0 Å². The van der Waals surface area contributed by atoms with Crippen molar-refractivity contribution in [1.82, 2.24) is 4.98 Å². The number of aromatic nitrogens is 1. The van der Waals surface area contributed by atoms with Crippen molar-refractivity contribution in [1.29, 1.82) is 0 Å². The standard InChI is InChI=1S/C14H17NO2S/c1-4-5-11-9-18-14(15-11)10-6-12(16-2)8-13(7-10)17-3/h6-9H,4-5H2,1-3H3. The molecule has 0 saturated heterocycles. The lowest BCUT2D eigenvalue weighted by Gasteiger charge is -2.06. The number of hydrogen-bond acceptors (Lipinski definition) is 4. The van der Waals surface area contributed by atoms with Gasteiger partial charge in [-0.25, -0.2) is 4.98 Å². The Morgan fingerprint density at radius 1 is 1.11 bits per heavy atom. The molecule has 0 radical (unpaired) electrons. The van der Waals surface area contributed by atoms with Crippen molar-refractivity contribution in [2.45, 2.75) is 19.8 Å². The summed E-state index contributed by atoms with van der Waals surface area (Å²) in [6, 6.07) is 5.83. The van der Waals surface area contributed by atoms with Crippen LogP contribution in [0.25, 0.3) is 10.6 Å². The van der Waals surface area contributed by atoms with Gasteiger partial charge in [0.2, 0.25) is 0 Å². The Balaban J connectivity index is 2.35. The van der Waals surface area contributed by atoms with Crippen LogP contribution in [0.1, 0.15) is 19.0 Å². The van der Waals surface area contributed by atoms with Crippen molar-refractivity contribution in [3.05, 3.63) is 29.3 Å². The molecule has 2 aromatic rings. The molecule has 0 aliphatic heterocycles. The van der Waals surface area contributed by atoms with E-state index in [9.17, 15) is 0 Å².